The number of esters is 1. The topological polar surface area (TPSA) is 77.0 Å². The molecule has 0 aliphatic carbocycles. The summed E-state index contributed by atoms with van der Waals surface area (Å²) in [6.45, 7) is 0. The third-order valence-corrected chi connectivity index (χ3v) is 2.43. The van der Waals surface area contributed by atoms with Gasteiger partial charge >= 0.3 is 5.97 Å². The molecule has 1 atom stereocenters. The van der Waals surface area contributed by atoms with Crippen LogP contribution in [0.1, 0.15) is 6.42 Å². The highest BCUT2D eigenvalue weighted by atomic mass is 16.7. The quantitative estimate of drug-likeness (QED) is 0.808. The molecule has 1 aromatic carbocycles. The van der Waals surface area contributed by atoms with Gasteiger partial charge in [-0.3, -0.25) is 4.79 Å². The summed E-state index contributed by atoms with van der Waals surface area (Å²) >= 11 is 0. The number of benzene rings is 1. The van der Waals surface area contributed by atoms with Crippen LogP contribution >= 0.6 is 0 Å². The lowest BCUT2D eigenvalue weighted by Gasteiger charge is -2.04. The molecule has 1 aliphatic rings. The number of anilines is 1. The highest BCUT2D eigenvalue weighted by Crippen LogP contribution is 2.14. The molecule has 0 radical (unpaired) electrons. The van der Waals surface area contributed by atoms with Crippen LogP contribution in [0.15, 0.2) is 35.5 Å². The first kappa shape index (κ1) is 12.1. The van der Waals surface area contributed by atoms with Gasteiger partial charge in [0, 0.05) is 12.1 Å². The summed E-state index contributed by atoms with van der Waals surface area (Å²) in [5.41, 5.74) is 0.834. The van der Waals surface area contributed by atoms with Crippen LogP contribution in [0.3, 0.4) is 0 Å². The summed E-state index contributed by atoms with van der Waals surface area (Å²) in [5, 5.41) is 6.25. The predicted octanol–water partition coefficient (Wildman–Crippen LogP) is 0.943. The number of carbonyl (C=O) groups is 2. The van der Waals surface area contributed by atoms with Crippen molar-refractivity contribution >= 4 is 23.3 Å². The van der Waals surface area contributed by atoms with Crippen molar-refractivity contribution < 1.29 is 19.2 Å². The van der Waals surface area contributed by atoms with Gasteiger partial charge in [0.05, 0.1) is 7.11 Å². The maximum absolute atomic E-state index is 11.8. The number of nitrogens with zero attached hydrogens (tertiary/aromatic N) is 1. The molecule has 0 spiro atoms. The van der Waals surface area contributed by atoms with Gasteiger partial charge in [0.25, 0.3) is 5.91 Å². The number of carbonyl (C=O) groups excluding carboxylic acids is 2. The first-order valence-electron chi connectivity index (χ1n) is 5.37. The molecule has 1 aliphatic heterocycles. The Bertz CT molecular complexity index is 484. The number of amides is 1. The van der Waals surface area contributed by atoms with Gasteiger partial charge in [0.15, 0.2) is 0 Å². The Balaban J connectivity index is 1.94. The zero-order valence-electron chi connectivity index (χ0n) is 9.75. The molecule has 0 bridgehead atoms. The van der Waals surface area contributed by atoms with E-state index in [1.165, 1.54) is 7.11 Å². The average molecular weight is 248 g/mol. The second-order valence-electron chi connectivity index (χ2n) is 3.68. The number of nitrogens with one attached hydrogen (secondary N) is 1. The molecule has 1 N–H and O–H groups in total. The van der Waals surface area contributed by atoms with E-state index in [9.17, 15) is 9.59 Å². The second kappa shape index (κ2) is 5.31. The van der Waals surface area contributed by atoms with Crippen LogP contribution in [-0.4, -0.2) is 30.8 Å². The van der Waals surface area contributed by atoms with Crippen molar-refractivity contribution in [3.8, 4) is 0 Å². The van der Waals surface area contributed by atoms with Gasteiger partial charge in [0.1, 0.15) is 5.71 Å². The summed E-state index contributed by atoms with van der Waals surface area (Å²) in [7, 11) is 1.26. The zero-order chi connectivity index (χ0) is 13.0. The Morgan fingerprint density at radius 1 is 1.39 bits per heavy atom. The van der Waals surface area contributed by atoms with E-state index in [1.807, 2.05) is 6.07 Å². The SMILES string of the molecule is COC(=O)C1CC(C(=O)Nc2ccccc2)=NO1. The average Bonchev–Trinajstić information content (AvgIpc) is 2.88. The van der Waals surface area contributed by atoms with Gasteiger partial charge in [-0.15, -0.1) is 0 Å². The minimum Gasteiger partial charge on any atom is -0.466 e. The van der Waals surface area contributed by atoms with Crippen molar-refractivity contribution in [3.05, 3.63) is 30.3 Å². The Hall–Kier alpha value is -2.37. The maximum atomic E-state index is 11.8. The number of ether oxygens (including phenoxy) is 1. The van der Waals surface area contributed by atoms with Crippen molar-refractivity contribution in [2.75, 3.05) is 12.4 Å². The third kappa shape index (κ3) is 2.65. The van der Waals surface area contributed by atoms with E-state index in [0.717, 1.165) is 0 Å². The predicted molar refractivity (Wildman–Crippen MR) is 64.0 cm³/mol. The summed E-state index contributed by atoms with van der Waals surface area (Å²) in [5.74, 6) is -0.922. The number of rotatable bonds is 3. The van der Waals surface area contributed by atoms with Crippen LogP contribution in [0.5, 0.6) is 0 Å². The summed E-state index contributed by atoms with van der Waals surface area (Å²) in [4.78, 5) is 27.8. The second-order valence-corrected chi connectivity index (χ2v) is 3.68. The van der Waals surface area contributed by atoms with Crippen molar-refractivity contribution in [1.29, 1.82) is 0 Å². The van der Waals surface area contributed by atoms with Crippen LogP contribution in [0.2, 0.25) is 0 Å². The fourth-order valence-electron chi connectivity index (χ4n) is 1.49. The fourth-order valence-corrected chi connectivity index (χ4v) is 1.49. The standard InChI is InChI=1S/C12H12N2O4/c1-17-12(16)10-7-9(14-18-10)11(15)13-8-5-3-2-4-6-8/h2-6,10H,7H2,1H3,(H,13,15). The molecule has 6 heteroatoms. The summed E-state index contributed by atoms with van der Waals surface area (Å²) in [6, 6.07) is 8.97. The highest BCUT2D eigenvalue weighted by Gasteiger charge is 2.32. The van der Waals surface area contributed by atoms with E-state index in [0.29, 0.717) is 5.69 Å². The molecule has 18 heavy (non-hydrogen) atoms. The molecular weight excluding hydrogens is 236 g/mol. The van der Waals surface area contributed by atoms with Crippen LogP contribution in [0.4, 0.5) is 5.69 Å². The molecule has 0 fully saturated rings. The Labute approximate surface area is 104 Å². The minimum absolute atomic E-state index is 0.116. The molecular formula is C12H12N2O4. The number of methoxy groups -OCH3 is 1. The number of hydrogen-bond donors (Lipinski definition) is 1. The van der Waals surface area contributed by atoms with Crippen LogP contribution in [0, 0.1) is 0 Å². The Kier molecular flexibility index (Phi) is 3.57. The van der Waals surface area contributed by atoms with E-state index in [4.69, 9.17) is 4.84 Å². The molecule has 0 aromatic heterocycles. The molecule has 2 rings (SSSR count). The van der Waals surface area contributed by atoms with Gasteiger partial charge in [-0.05, 0) is 12.1 Å². The molecule has 1 aromatic rings. The van der Waals surface area contributed by atoms with Crippen LogP contribution in [0.25, 0.3) is 0 Å². The van der Waals surface area contributed by atoms with E-state index in [-0.39, 0.29) is 18.0 Å². The normalized spacial score (nSPS) is 17.6. The van der Waals surface area contributed by atoms with Crippen molar-refractivity contribution in [3.63, 3.8) is 0 Å². The fraction of sp³-hybridized carbons (Fsp3) is 0.250. The third-order valence-electron chi connectivity index (χ3n) is 2.43. The van der Waals surface area contributed by atoms with Gasteiger partial charge in [-0.25, -0.2) is 4.79 Å². The van der Waals surface area contributed by atoms with Crippen molar-refractivity contribution in [2.45, 2.75) is 12.5 Å². The van der Waals surface area contributed by atoms with E-state index in [1.54, 1.807) is 24.3 Å². The molecule has 6 nitrogen and oxygen atoms in total. The Morgan fingerprint density at radius 2 is 2.11 bits per heavy atom. The molecule has 1 unspecified atom stereocenters. The van der Waals surface area contributed by atoms with Gasteiger partial charge in [0.2, 0.25) is 6.10 Å². The van der Waals surface area contributed by atoms with E-state index < -0.39 is 12.1 Å². The molecule has 0 saturated heterocycles. The first-order valence-corrected chi connectivity index (χ1v) is 5.37. The number of hydrogen-bond acceptors (Lipinski definition) is 5. The number of para-hydroxylation sites is 1. The molecule has 1 amide bonds. The van der Waals surface area contributed by atoms with Crippen molar-refractivity contribution in [1.82, 2.24) is 0 Å². The smallest absolute Gasteiger partial charge is 0.350 e. The molecule has 0 saturated carbocycles. The highest BCUT2D eigenvalue weighted by molar-refractivity contribution is 6.43. The minimum atomic E-state index is -0.827. The lowest BCUT2D eigenvalue weighted by molar-refractivity contribution is -0.152. The Morgan fingerprint density at radius 3 is 2.78 bits per heavy atom. The largest absolute Gasteiger partial charge is 0.466 e. The van der Waals surface area contributed by atoms with Crippen LogP contribution < -0.4 is 5.32 Å². The maximum Gasteiger partial charge on any atom is 0.350 e. The molecule has 94 valence electrons. The van der Waals surface area contributed by atoms with Crippen LogP contribution in [-0.2, 0) is 19.2 Å². The van der Waals surface area contributed by atoms with E-state index >= 15 is 0 Å². The van der Waals surface area contributed by atoms with Gasteiger partial charge in [-0.2, -0.15) is 0 Å². The lowest BCUT2D eigenvalue weighted by atomic mass is 10.1. The van der Waals surface area contributed by atoms with Crippen molar-refractivity contribution in [2.24, 2.45) is 5.16 Å². The van der Waals surface area contributed by atoms with Gasteiger partial charge in [-0.1, -0.05) is 23.4 Å². The first-order chi connectivity index (χ1) is 8.70. The summed E-state index contributed by atoms with van der Waals surface area (Å²) in [6.07, 6.45) is -0.711. The van der Waals surface area contributed by atoms with E-state index in [2.05, 4.69) is 15.2 Å². The number of oxime groups is 1. The lowest BCUT2D eigenvalue weighted by Crippen LogP contribution is -2.26. The molecule has 1 heterocycles. The summed E-state index contributed by atoms with van der Waals surface area (Å²) < 4.78 is 4.51. The zero-order valence-corrected chi connectivity index (χ0v) is 9.75. The monoisotopic (exact) mass is 248 g/mol. The van der Waals surface area contributed by atoms with Gasteiger partial charge < -0.3 is 14.9 Å².